The van der Waals surface area contributed by atoms with E-state index < -0.39 is 0 Å². The summed E-state index contributed by atoms with van der Waals surface area (Å²) in [5, 5.41) is 19.0. The van der Waals surface area contributed by atoms with Crippen LogP contribution in [0.3, 0.4) is 0 Å². The van der Waals surface area contributed by atoms with Crippen molar-refractivity contribution in [2.75, 3.05) is 0 Å². The van der Waals surface area contributed by atoms with E-state index >= 15 is 0 Å². The van der Waals surface area contributed by atoms with Gasteiger partial charge in [0.25, 0.3) is 6.92 Å². The molecule has 1 fully saturated rings. The fourth-order valence-corrected chi connectivity index (χ4v) is 1.66. The molecule has 1 heterocycles. The third kappa shape index (κ3) is 1.02. The summed E-state index contributed by atoms with van der Waals surface area (Å²) in [5.41, 5.74) is -0.174. The maximum atomic E-state index is 9.60. The van der Waals surface area contributed by atoms with Crippen LogP contribution in [0.25, 0.3) is 0 Å². The highest BCUT2D eigenvalue weighted by atomic mass is 16.3. The summed E-state index contributed by atoms with van der Waals surface area (Å²) in [6.07, 6.45) is 0.146. The van der Waals surface area contributed by atoms with Crippen LogP contribution >= 0.6 is 0 Å². The lowest BCUT2D eigenvalue weighted by molar-refractivity contribution is 0.0559. The molecule has 64 valence electrons. The van der Waals surface area contributed by atoms with Crippen molar-refractivity contribution >= 4 is 6.92 Å². The molecule has 1 aliphatic rings. The van der Waals surface area contributed by atoms with Crippen molar-refractivity contribution in [2.45, 2.75) is 45.4 Å². The first-order chi connectivity index (χ1) is 4.80. The smallest absolute Gasteiger partial charge is 0.298 e. The molecule has 1 saturated heterocycles. The van der Waals surface area contributed by atoms with Gasteiger partial charge in [0.15, 0.2) is 0 Å². The van der Waals surface area contributed by atoms with Crippen molar-refractivity contribution in [3.8, 4) is 0 Å². The Morgan fingerprint density at radius 1 is 1.27 bits per heavy atom. The molecule has 3 heteroatoms. The highest BCUT2D eigenvalue weighted by Crippen LogP contribution is 2.56. The molecule has 0 aliphatic carbocycles. The molecule has 0 bridgehead atoms. The summed E-state index contributed by atoms with van der Waals surface area (Å²) in [6, 6.07) is 0. The second-order valence-corrected chi connectivity index (χ2v) is 4.71. The van der Waals surface area contributed by atoms with Gasteiger partial charge in [-0.15, -0.1) is 0 Å². The van der Waals surface area contributed by atoms with Gasteiger partial charge in [0.1, 0.15) is 0 Å². The summed E-state index contributed by atoms with van der Waals surface area (Å²) >= 11 is 0. The predicted molar refractivity (Wildman–Crippen MR) is 46.6 cm³/mol. The molecular formula is C8H17BO2. The lowest BCUT2D eigenvalue weighted by atomic mass is 9.45. The van der Waals surface area contributed by atoms with Crippen molar-refractivity contribution in [1.29, 1.82) is 0 Å². The molecule has 2 N–H and O–H groups in total. The van der Waals surface area contributed by atoms with Crippen molar-refractivity contribution < 1.29 is 10.1 Å². The van der Waals surface area contributed by atoms with Gasteiger partial charge in [0.05, 0.1) is 6.10 Å². The number of aliphatic hydroxyl groups is 1. The van der Waals surface area contributed by atoms with Crippen LogP contribution in [0.2, 0.25) is 11.6 Å². The van der Waals surface area contributed by atoms with Crippen LogP contribution in [0.5, 0.6) is 0 Å². The van der Waals surface area contributed by atoms with E-state index in [9.17, 15) is 10.1 Å². The summed E-state index contributed by atoms with van der Waals surface area (Å²) in [5.74, 6) is 0. The average molecular weight is 156 g/mol. The second-order valence-electron chi connectivity index (χ2n) is 4.71. The topological polar surface area (TPSA) is 40.5 Å². The zero-order valence-electron chi connectivity index (χ0n) is 7.76. The van der Waals surface area contributed by atoms with Crippen LogP contribution in [0.15, 0.2) is 0 Å². The maximum absolute atomic E-state index is 9.60. The highest BCUT2D eigenvalue weighted by Gasteiger charge is 2.56. The second kappa shape index (κ2) is 2.24. The molecule has 0 spiro atoms. The molecule has 0 amide bonds. The van der Waals surface area contributed by atoms with Gasteiger partial charge in [-0.25, -0.2) is 0 Å². The zero-order valence-corrected chi connectivity index (χ0v) is 7.76. The molecule has 0 aromatic rings. The largest absolute Gasteiger partial charge is 0.450 e. The Kier molecular flexibility index (Phi) is 1.85. The normalized spacial score (nSPS) is 34.4. The quantitative estimate of drug-likeness (QED) is 0.516. The Hall–Kier alpha value is -0.0151. The molecule has 0 aromatic carbocycles. The van der Waals surface area contributed by atoms with Gasteiger partial charge in [-0.05, 0) is 17.0 Å². The van der Waals surface area contributed by atoms with Crippen LogP contribution in [0.1, 0.15) is 27.7 Å². The number of aliphatic hydroxyl groups excluding tert-OH is 1. The van der Waals surface area contributed by atoms with Crippen LogP contribution in [0, 0.1) is 5.41 Å². The summed E-state index contributed by atoms with van der Waals surface area (Å²) < 4.78 is 0. The van der Waals surface area contributed by atoms with Crippen LogP contribution in [0.4, 0.5) is 0 Å². The van der Waals surface area contributed by atoms with Crippen LogP contribution in [-0.2, 0) is 0 Å². The summed E-state index contributed by atoms with van der Waals surface area (Å²) in [7, 11) is 0. The third-order valence-electron chi connectivity index (χ3n) is 3.77. The molecule has 2 nitrogen and oxygen atoms in total. The minimum absolute atomic E-state index is 0.174. The van der Waals surface area contributed by atoms with Gasteiger partial charge in [-0.1, -0.05) is 27.7 Å². The Balaban J connectivity index is 2.95. The molecule has 1 atom stereocenters. The Morgan fingerprint density at radius 2 is 1.73 bits per heavy atom. The van der Waals surface area contributed by atoms with Gasteiger partial charge in [0.2, 0.25) is 0 Å². The number of hydrogen-bond donors (Lipinski definition) is 2. The van der Waals surface area contributed by atoms with E-state index in [0.717, 1.165) is 0 Å². The van der Waals surface area contributed by atoms with E-state index in [4.69, 9.17) is 0 Å². The Labute approximate surface area is 68.7 Å². The summed E-state index contributed by atoms with van der Waals surface area (Å²) in [6.45, 7) is 7.66. The predicted octanol–water partition coefficient (Wildman–Crippen LogP) is 1.15. The Morgan fingerprint density at radius 3 is 1.82 bits per heavy atom. The molecule has 0 saturated carbocycles. The van der Waals surface area contributed by atoms with Gasteiger partial charge in [-0.3, -0.25) is 0 Å². The molecular weight excluding hydrogens is 139 g/mol. The first-order valence-electron chi connectivity index (χ1n) is 4.16. The SMILES string of the molecule is CC1(C)B(O)CC(O)C1(C)C. The van der Waals surface area contributed by atoms with Gasteiger partial charge >= 0.3 is 0 Å². The maximum Gasteiger partial charge on any atom is 0.298 e. The zero-order chi connectivity index (χ0) is 8.86. The molecule has 1 aliphatic heterocycles. The van der Waals surface area contributed by atoms with E-state index in [1.807, 2.05) is 27.7 Å². The number of rotatable bonds is 0. The van der Waals surface area contributed by atoms with E-state index in [2.05, 4.69) is 0 Å². The minimum atomic E-state index is -0.368. The average Bonchev–Trinajstić information content (AvgIpc) is 1.95. The summed E-state index contributed by atoms with van der Waals surface area (Å²) in [4.78, 5) is 0. The van der Waals surface area contributed by atoms with Crippen LogP contribution < -0.4 is 0 Å². The molecule has 1 unspecified atom stereocenters. The third-order valence-corrected chi connectivity index (χ3v) is 3.77. The number of hydrogen-bond acceptors (Lipinski definition) is 2. The van der Waals surface area contributed by atoms with Gasteiger partial charge < -0.3 is 10.1 Å². The lowest BCUT2D eigenvalue weighted by Crippen LogP contribution is -2.34. The molecule has 0 radical (unpaired) electrons. The van der Waals surface area contributed by atoms with Crippen molar-refractivity contribution in [3.05, 3.63) is 0 Å². The van der Waals surface area contributed by atoms with Crippen molar-refractivity contribution in [1.82, 2.24) is 0 Å². The molecule has 11 heavy (non-hydrogen) atoms. The van der Waals surface area contributed by atoms with Gasteiger partial charge in [0, 0.05) is 0 Å². The van der Waals surface area contributed by atoms with E-state index in [-0.39, 0.29) is 23.7 Å². The monoisotopic (exact) mass is 156 g/mol. The Bertz CT molecular complexity index is 147. The lowest BCUT2D eigenvalue weighted by Gasteiger charge is -2.37. The highest BCUT2D eigenvalue weighted by molar-refractivity contribution is 6.55. The first kappa shape index (κ1) is 9.08. The molecule has 1 rings (SSSR count). The fourth-order valence-electron chi connectivity index (χ4n) is 1.66. The molecule has 0 aromatic heterocycles. The minimum Gasteiger partial charge on any atom is -0.450 e. The van der Waals surface area contributed by atoms with Crippen molar-refractivity contribution in [3.63, 3.8) is 0 Å². The van der Waals surface area contributed by atoms with E-state index in [1.54, 1.807) is 0 Å². The first-order valence-corrected chi connectivity index (χ1v) is 4.16. The van der Waals surface area contributed by atoms with Crippen LogP contribution in [-0.4, -0.2) is 23.2 Å². The standard InChI is InChI=1S/C8H17BO2/c1-7(2)6(10)5-9(11)8(7,3)4/h6,10-11H,5H2,1-4H3. The van der Waals surface area contributed by atoms with E-state index in [0.29, 0.717) is 6.32 Å². The van der Waals surface area contributed by atoms with Crippen molar-refractivity contribution in [2.24, 2.45) is 5.41 Å². The fraction of sp³-hybridized carbons (Fsp3) is 1.00. The van der Waals surface area contributed by atoms with Gasteiger partial charge in [-0.2, -0.15) is 0 Å². The van der Waals surface area contributed by atoms with E-state index in [1.165, 1.54) is 0 Å².